The Bertz CT molecular complexity index is 347. The van der Waals surface area contributed by atoms with E-state index in [2.05, 4.69) is 4.74 Å². The molecule has 0 aliphatic carbocycles. The number of sulfone groups is 1. The number of methoxy groups -OCH3 is 1. The molecular formula is C10H19NO4S. The van der Waals surface area contributed by atoms with Gasteiger partial charge in [-0.05, 0) is 25.2 Å². The molecule has 1 rings (SSSR count). The maximum absolute atomic E-state index is 11.4. The van der Waals surface area contributed by atoms with Crippen LogP contribution in [0.25, 0.3) is 0 Å². The van der Waals surface area contributed by atoms with Crippen LogP contribution in [0.2, 0.25) is 0 Å². The normalized spacial score (nSPS) is 24.7. The van der Waals surface area contributed by atoms with Crippen LogP contribution in [0.15, 0.2) is 0 Å². The van der Waals surface area contributed by atoms with Crippen molar-refractivity contribution in [2.45, 2.75) is 32.2 Å². The van der Waals surface area contributed by atoms with Gasteiger partial charge in [-0.2, -0.15) is 0 Å². The summed E-state index contributed by atoms with van der Waals surface area (Å²) in [4.78, 5) is 11.3. The molecule has 0 bridgehead atoms. The maximum Gasteiger partial charge on any atom is 0.306 e. The Labute approximate surface area is 96.3 Å². The van der Waals surface area contributed by atoms with E-state index in [0.29, 0.717) is 12.8 Å². The molecule has 0 saturated carbocycles. The SMILES string of the molecule is COC(=O)CC1(C(C)N)CCS(=O)(=O)CC1. The lowest BCUT2D eigenvalue weighted by molar-refractivity contribution is -0.144. The van der Waals surface area contributed by atoms with Crippen LogP contribution in [0, 0.1) is 5.41 Å². The number of rotatable bonds is 3. The predicted octanol–water partition coefficient (Wildman–Crippen LogP) is 0.0917. The second kappa shape index (κ2) is 4.71. The second-order valence-electron chi connectivity index (χ2n) is 4.56. The van der Waals surface area contributed by atoms with E-state index in [-0.39, 0.29) is 29.9 Å². The van der Waals surface area contributed by atoms with Gasteiger partial charge in [0.15, 0.2) is 0 Å². The molecule has 0 aromatic carbocycles. The Kier molecular flexibility index (Phi) is 3.96. The van der Waals surface area contributed by atoms with Crippen LogP contribution in [-0.2, 0) is 19.4 Å². The molecule has 1 saturated heterocycles. The van der Waals surface area contributed by atoms with Gasteiger partial charge in [0.05, 0.1) is 25.0 Å². The van der Waals surface area contributed by atoms with Gasteiger partial charge in [0, 0.05) is 6.04 Å². The van der Waals surface area contributed by atoms with Crippen LogP contribution in [0.3, 0.4) is 0 Å². The van der Waals surface area contributed by atoms with E-state index < -0.39 is 15.3 Å². The third-order valence-corrected chi connectivity index (χ3v) is 5.16. The van der Waals surface area contributed by atoms with E-state index in [4.69, 9.17) is 5.73 Å². The molecule has 6 heteroatoms. The molecule has 2 N–H and O–H groups in total. The van der Waals surface area contributed by atoms with Crippen molar-refractivity contribution in [3.63, 3.8) is 0 Å². The van der Waals surface area contributed by atoms with Crippen molar-refractivity contribution in [2.24, 2.45) is 11.1 Å². The lowest BCUT2D eigenvalue weighted by atomic mass is 9.73. The fraction of sp³-hybridized carbons (Fsp3) is 0.900. The zero-order valence-corrected chi connectivity index (χ0v) is 10.5. The smallest absolute Gasteiger partial charge is 0.306 e. The van der Waals surface area contributed by atoms with Gasteiger partial charge in [0.1, 0.15) is 9.84 Å². The first-order chi connectivity index (χ1) is 7.31. The van der Waals surface area contributed by atoms with E-state index in [1.54, 1.807) is 0 Å². The lowest BCUT2D eigenvalue weighted by Gasteiger charge is -2.39. The number of hydrogen-bond donors (Lipinski definition) is 1. The zero-order chi connectivity index (χ0) is 12.4. The van der Waals surface area contributed by atoms with E-state index >= 15 is 0 Å². The summed E-state index contributed by atoms with van der Waals surface area (Å²) in [5.41, 5.74) is 5.47. The van der Waals surface area contributed by atoms with E-state index in [9.17, 15) is 13.2 Å². The maximum atomic E-state index is 11.4. The number of esters is 1. The number of carbonyl (C=O) groups excluding carboxylic acids is 1. The third-order valence-electron chi connectivity index (χ3n) is 3.51. The van der Waals surface area contributed by atoms with E-state index in [0.717, 1.165) is 0 Å². The Hall–Kier alpha value is -0.620. The third kappa shape index (κ3) is 2.95. The minimum Gasteiger partial charge on any atom is -0.469 e. The molecule has 1 unspecified atom stereocenters. The molecule has 5 nitrogen and oxygen atoms in total. The van der Waals surface area contributed by atoms with Crippen LogP contribution < -0.4 is 5.73 Å². The molecule has 1 heterocycles. The summed E-state index contributed by atoms with van der Waals surface area (Å²) in [6.07, 6.45) is 1.10. The fourth-order valence-corrected chi connectivity index (χ4v) is 3.74. The summed E-state index contributed by atoms with van der Waals surface area (Å²) in [7, 11) is -1.61. The molecule has 1 aliphatic heterocycles. The molecule has 0 amide bonds. The van der Waals surface area contributed by atoms with Crippen molar-refractivity contribution in [3.05, 3.63) is 0 Å². The summed E-state index contributed by atoms with van der Waals surface area (Å²) in [6.45, 7) is 1.82. The van der Waals surface area contributed by atoms with Crippen LogP contribution in [0.4, 0.5) is 0 Å². The Morgan fingerprint density at radius 3 is 2.31 bits per heavy atom. The summed E-state index contributed by atoms with van der Waals surface area (Å²) < 4.78 is 27.4. The molecule has 0 radical (unpaired) electrons. The summed E-state index contributed by atoms with van der Waals surface area (Å²) in [6, 6.07) is -0.206. The number of carbonyl (C=O) groups is 1. The number of nitrogens with two attached hydrogens (primary N) is 1. The molecule has 94 valence electrons. The average Bonchev–Trinajstić information content (AvgIpc) is 2.21. The predicted molar refractivity (Wildman–Crippen MR) is 60.6 cm³/mol. The minimum absolute atomic E-state index is 0.117. The quantitative estimate of drug-likeness (QED) is 0.716. The topological polar surface area (TPSA) is 86.5 Å². The van der Waals surface area contributed by atoms with Gasteiger partial charge in [-0.1, -0.05) is 0 Å². The van der Waals surface area contributed by atoms with Gasteiger partial charge < -0.3 is 10.5 Å². The number of ether oxygens (including phenoxy) is 1. The first-order valence-electron chi connectivity index (χ1n) is 5.34. The Morgan fingerprint density at radius 1 is 1.44 bits per heavy atom. The fourth-order valence-electron chi connectivity index (χ4n) is 2.10. The molecule has 0 aromatic heterocycles. The van der Waals surface area contributed by atoms with Crippen LogP contribution in [0.5, 0.6) is 0 Å². The van der Waals surface area contributed by atoms with Crippen molar-refractivity contribution in [1.82, 2.24) is 0 Å². The highest BCUT2D eigenvalue weighted by atomic mass is 32.2. The lowest BCUT2D eigenvalue weighted by Crippen LogP contribution is -2.46. The van der Waals surface area contributed by atoms with Gasteiger partial charge in [-0.3, -0.25) is 4.79 Å². The molecule has 0 aromatic rings. The minimum atomic E-state index is -2.94. The van der Waals surface area contributed by atoms with Crippen molar-refractivity contribution >= 4 is 15.8 Å². The standard InChI is InChI=1S/C10H19NO4S/c1-8(11)10(7-9(12)15-2)3-5-16(13,14)6-4-10/h8H,3-7,11H2,1-2H3. The van der Waals surface area contributed by atoms with Gasteiger partial charge >= 0.3 is 5.97 Å². The van der Waals surface area contributed by atoms with Gasteiger partial charge in [-0.25, -0.2) is 8.42 Å². The van der Waals surface area contributed by atoms with Crippen LogP contribution in [-0.4, -0.2) is 39.0 Å². The summed E-state index contributed by atoms with van der Waals surface area (Å²) in [5.74, 6) is -0.0894. The molecule has 1 fully saturated rings. The van der Waals surface area contributed by atoms with E-state index in [1.807, 2.05) is 6.92 Å². The van der Waals surface area contributed by atoms with Crippen LogP contribution in [0.1, 0.15) is 26.2 Å². The Balaban J connectivity index is 2.80. The second-order valence-corrected chi connectivity index (χ2v) is 6.86. The van der Waals surface area contributed by atoms with Gasteiger partial charge in [-0.15, -0.1) is 0 Å². The first-order valence-corrected chi connectivity index (χ1v) is 7.16. The molecule has 0 spiro atoms. The first kappa shape index (κ1) is 13.4. The molecule has 1 aliphatic rings. The highest BCUT2D eigenvalue weighted by Crippen LogP contribution is 2.38. The van der Waals surface area contributed by atoms with Crippen molar-refractivity contribution in [1.29, 1.82) is 0 Å². The summed E-state index contributed by atoms with van der Waals surface area (Å²) in [5, 5.41) is 0. The highest BCUT2D eigenvalue weighted by molar-refractivity contribution is 7.91. The molecular weight excluding hydrogens is 230 g/mol. The van der Waals surface area contributed by atoms with Crippen LogP contribution >= 0.6 is 0 Å². The van der Waals surface area contributed by atoms with Crippen molar-refractivity contribution in [3.8, 4) is 0 Å². The highest BCUT2D eigenvalue weighted by Gasteiger charge is 2.41. The molecule has 1 atom stereocenters. The average molecular weight is 249 g/mol. The monoisotopic (exact) mass is 249 g/mol. The Morgan fingerprint density at radius 2 is 1.94 bits per heavy atom. The van der Waals surface area contributed by atoms with E-state index in [1.165, 1.54) is 7.11 Å². The van der Waals surface area contributed by atoms with Gasteiger partial charge in [0.25, 0.3) is 0 Å². The van der Waals surface area contributed by atoms with Gasteiger partial charge in [0.2, 0.25) is 0 Å². The summed E-state index contributed by atoms with van der Waals surface area (Å²) >= 11 is 0. The molecule has 16 heavy (non-hydrogen) atoms. The largest absolute Gasteiger partial charge is 0.469 e. The number of hydrogen-bond acceptors (Lipinski definition) is 5. The van der Waals surface area contributed by atoms with Crippen molar-refractivity contribution < 1.29 is 17.9 Å². The van der Waals surface area contributed by atoms with Crippen molar-refractivity contribution in [2.75, 3.05) is 18.6 Å². The zero-order valence-electron chi connectivity index (χ0n) is 9.73.